The van der Waals surface area contributed by atoms with Gasteiger partial charge in [0.2, 0.25) is 0 Å². The van der Waals surface area contributed by atoms with Crippen LogP contribution < -0.4 is 4.74 Å². The summed E-state index contributed by atoms with van der Waals surface area (Å²) in [6.45, 7) is 0.683. The Hall–Kier alpha value is -1.10. The maximum atomic E-state index is 8.96. The van der Waals surface area contributed by atoms with E-state index in [1.54, 1.807) is 0 Å². The maximum Gasteiger partial charge on any atom is 0.119 e. The van der Waals surface area contributed by atoms with Gasteiger partial charge in [-0.1, -0.05) is 18.2 Å². The number of hydrogen-bond acceptors (Lipinski definition) is 4. The average Bonchev–Trinajstić information content (AvgIpc) is 2.29. The molecule has 1 atom stereocenters. The molecule has 0 aliphatic heterocycles. The first kappa shape index (κ1) is 12.0. The van der Waals surface area contributed by atoms with Crippen LogP contribution in [0.25, 0.3) is 0 Å². The molecule has 2 N–H and O–H groups in total. The van der Waals surface area contributed by atoms with E-state index >= 15 is 0 Å². The summed E-state index contributed by atoms with van der Waals surface area (Å²) in [6.07, 6.45) is -0.804. The van der Waals surface area contributed by atoms with E-state index in [2.05, 4.69) is 0 Å². The molecule has 4 heteroatoms. The lowest BCUT2D eigenvalue weighted by atomic mass is 10.3. The van der Waals surface area contributed by atoms with Gasteiger partial charge in [-0.25, -0.2) is 0 Å². The average molecular weight is 212 g/mol. The molecule has 0 radical (unpaired) electrons. The summed E-state index contributed by atoms with van der Waals surface area (Å²) in [5.41, 5.74) is 0. The van der Waals surface area contributed by atoms with E-state index in [4.69, 9.17) is 19.7 Å². The Morgan fingerprint density at radius 1 is 1.13 bits per heavy atom. The molecule has 0 saturated carbocycles. The highest BCUT2D eigenvalue weighted by Crippen LogP contribution is 2.07. The molecule has 0 amide bonds. The number of benzene rings is 1. The Bertz CT molecular complexity index is 250. The van der Waals surface area contributed by atoms with Gasteiger partial charge in [0, 0.05) is 0 Å². The first-order valence-electron chi connectivity index (χ1n) is 4.87. The smallest absolute Gasteiger partial charge is 0.119 e. The summed E-state index contributed by atoms with van der Waals surface area (Å²) in [5, 5.41) is 17.5. The summed E-state index contributed by atoms with van der Waals surface area (Å²) >= 11 is 0. The van der Waals surface area contributed by atoms with Crippen LogP contribution in [0.2, 0.25) is 0 Å². The van der Waals surface area contributed by atoms with Gasteiger partial charge in [-0.05, 0) is 12.1 Å². The second-order valence-corrected chi connectivity index (χ2v) is 3.07. The van der Waals surface area contributed by atoms with Crippen LogP contribution in [0.4, 0.5) is 0 Å². The summed E-state index contributed by atoms with van der Waals surface area (Å²) in [7, 11) is 0. The van der Waals surface area contributed by atoms with Crippen molar-refractivity contribution >= 4 is 0 Å². The van der Waals surface area contributed by atoms with E-state index in [0.29, 0.717) is 13.2 Å². The standard InChI is InChI=1S/C11H16O4/c12-8-10(13)9-14-6-7-15-11-4-2-1-3-5-11/h1-5,10,12-13H,6-9H2/t10-/m0/s1. The monoisotopic (exact) mass is 212 g/mol. The van der Waals surface area contributed by atoms with Gasteiger partial charge in [0.25, 0.3) is 0 Å². The Morgan fingerprint density at radius 2 is 1.87 bits per heavy atom. The van der Waals surface area contributed by atoms with Gasteiger partial charge >= 0.3 is 0 Å². The molecule has 0 heterocycles. The highest BCUT2D eigenvalue weighted by Gasteiger charge is 2.00. The van der Waals surface area contributed by atoms with Crippen molar-refractivity contribution in [1.29, 1.82) is 0 Å². The Morgan fingerprint density at radius 3 is 2.53 bits per heavy atom. The quantitative estimate of drug-likeness (QED) is 0.644. The van der Waals surface area contributed by atoms with Crippen LogP contribution in [-0.4, -0.2) is 42.7 Å². The fourth-order valence-corrected chi connectivity index (χ4v) is 1.01. The van der Waals surface area contributed by atoms with Crippen molar-refractivity contribution < 1.29 is 19.7 Å². The van der Waals surface area contributed by atoms with Crippen LogP contribution in [-0.2, 0) is 4.74 Å². The SMILES string of the molecule is OC[C@H](O)COCCOc1ccccc1. The Balaban J connectivity index is 2.03. The fraction of sp³-hybridized carbons (Fsp3) is 0.455. The predicted molar refractivity (Wildman–Crippen MR) is 55.8 cm³/mol. The van der Waals surface area contributed by atoms with Crippen molar-refractivity contribution in [3.63, 3.8) is 0 Å². The maximum absolute atomic E-state index is 8.96. The van der Waals surface area contributed by atoms with Crippen molar-refractivity contribution in [3.05, 3.63) is 30.3 Å². The van der Waals surface area contributed by atoms with Gasteiger partial charge < -0.3 is 19.7 Å². The molecule has 1 aromatic rings. The van der Waals surface area contributed by atoms with Gasteiger partial charge in [0.15, 0.2) is 0 Å². The van der Waals surface area contributed by atoms with Gasteiger partial charge in [0.05, 0.1) is 19.8 Å². The minimum atomic E-state index is -0.804. The van der Waals surface area contributed by atoms with Crippen molar-refractivity contribution in [2.45, 2.75) is 6.10 Å². The normalized spacial score (nSPS) is 12.4. The molecule has 1 rings (SSSR count). The molecular weight excluding hydrogens is 196 g/mol. The van der Waals surface area contributed by atoms with Crippen LogP contribution in [0.5, 0.6) is 5.75 Å². The molecule has 0 aliphatic carbocycles. The second-order valence-electron chi connectivity index (χ2n) is 3.07. The Kier molecular flexibility index (Phi) is 5.77. The lowest BCUT2D eigenvalue weighted by Gasteiger charge is -2.09. The third kappa shape index (κ3) is 5.37. The molecule has 0 fully saturated rings. The lowest BCUT2D eigenvalue weighted by Crippen LogP contribution is -2.21. The minimum absolute atomic E-state index is 0.134. The molecule has 0 aliphatic rings. The molecule has 1 aromatic carbocycles. The van der Waals surface area contributed by atoms with Crippen molar-refractivity contribution in [2.75, 3.05) is 26.4 Å². The fourth-order valence-electron chi connectivity index (χ4n) is 1.01. The third-order valence-electron chi connectivity index (χ3n) is 1.76. The van der Waals surface area contributed by atoms with Crippen LogP contribution in [0.3, 0.4) is 0 Å². The van der Waals surface area contributed by atoms with Gasteiger partial charge in [-0.3, -0.25) is 0 Å². The van der Waals surface area contributed by atoms with E-state index in [-0.39, 0.29) is 13.2 Å². The van der Waals surface area contributed by atoms with Gasteiger partial charge in [-0.2, -0.15) is 0 Å². The van der Waals surface area contributed by atoms with Crippen molar-refractivity contribution in [1.82, 2.24) is 0 Å². The zero-order chi connectivity index (χ0) is 10.9. The van der Waals surface area contributed by atoms with E-state index < -0.39 is 6.10 Å². The molecule has 84 valence electrons. The number of para-hydroxylation sites is 1. The molecule has 15 heavy (non-hydrogen) atoms. The predicted octanol–water partition coefficient (Wildman–Crippen LogP) is 0.435. The molecule has 0 bridgehead atoms. The zero-order valence-corrected chi connectivity index (χ0v) is 8.50. The summed E-state index contributed by atoms with van der Waals surface area (Å²) in [5.74, 6) is 0.795. The van der Waals surface area contributed by atoms with E-state index in [9.17, 15) is 0 Å². The first-order valence-corrected chi connectivity index (χ1v) is 4.87. The number of aliphatic hydroxyl groups excluding tert-OH is 2. The zero-order valence-electron chi connectivity index (χ0n) is 8.50. The van der Waals surface area contributed by atoms with Crippen molar-refractivity contribution in [3.8, 4) is 5.75 Å². The van der Waals surface area contributed by atoms with E-state index in [1.807, 2.05) is 30.3 Å². The molecule has 0 aromatic heterocycles. The largest absolute Gasteiger partial charge is 0.491 e. The third-order valence-corrected chi connectivity index (χ3v) is 1.76. The molecular formula is C11H16O4. The molecule has 0 unspecified atom stereocenters. The van der Waals surface area contributed by atoms with Crippen LogP contribution >= 0.6 is 0 Å². The number of hydrogen-bond donors (Lipinski definition) is 2. The summed E-state index contributed by atoms with van der Waals surface area (Å²) in [6, 6.07) is 9.43. The Labute approximate surface area is 89.1 Å². The topological polar surface area (TPSA) is 58.9 Å². The first-order chi connectivity index (χ1) is 7.33. The van der Waals surface area contributed by atoms with Crippen molar-refractivity contribution in [2.24, 2.45) is 0 Å². The molecule has 4 nitrogen and oxygen atoms in total. The van der Waals surface area contributed by atoms with Gasteiger partial charge in [-0.15, -0.1) is 0 Å². The summed E-state index contributed by atoms with van der Waals surface area (Å²) in [4.78, 5) is 0. The van der Waals surface area contributed by atoms with E-state index in [1.165, 1.54) is 0 Å². The highest BCUT2D eigenvalue weighted by atomic mass is 16.5. The summed E-state index contributed by atoms with van der Waals surface area (Å²) < 4.78 is 10.4. The number of ether oxygens (including phenoxy) is 2. The highest BCUT2D eigenvalue weighted by molar-refractivity contribution is 5.20. The van der Waals surface area contributed by atoms with Gasteiger partial charge in [0.1, 0.15) is 18.5 Å². The minimum Gasteiger partial charge on any atom is -0.491 e. The van der Waals surface area contributed by atoms with Crippen LogP contribution in [0.15, 0.2) is 30.3 Å². The number of rotatable bonds is 7. The van der Waals surface area contributed by atoms with Crippen LogP contribution in [0, 0.1) is 0 Å². The number of aliphatic hydroxyl groups is 2. The lowest BCUT2D eigenvalue weighted by molar-refractivity contribution is -0.00138. The second kappa shape index (κ2) is 7.23. The van der Waals surface area contributed by atoms with E-state index in [0.717, 1.165) is 5.75 Å². The molecule has 0 saturated heterocycles. The van der Waals surface area contributed by atoms with Crippen LogP contribution in [0.1, 0.15) is 0 Å². The molecule has 0 spiro atoms.